The maximum Gasteiger partial charge on any atom is 0.305 e. The Hall–Kier alpha value is -1.09. The highest BCUT2D eigenvalue weighted by molar-refractivity contribution is 5.68. The van der Waals surface area contributed by atoms with Crippen molar-refractivity contribution < 1.29 is 14.6 Å². The van der Waals surface area contributed by atoms with E-state index >= 15 is 0 Å². The number of carbonyl (C=O) groups excluding carboxylic acids is 1. The molecule has 0 aliphatic carbocycles. The second kappa shape index (κ2) is 16.3. The zero-order valence-corrected chi connectivity index (χ0v) is 14.4. The molecule has 0 aromatic rings. The average Bonchev–Trinajstić information content (AvgIpc) is 2.52. The first kappa shape index (κ1) is 20.9. The highest BCUT2D eigenvalue weighted by atomic mass is 16.5. The minimum absolute atomic E-state index is 0.122. The van der Waals surface area contributed by atoms with E-state index in [1.807, 2.05) is 18.2 Å². The second-order valence-corrected chi connectivity index (χ2v) is 5.76. The van der Waals surface area contributed by atoms with Crippen LogP contribution in [0.3, 0.4) is 0 Å². The number of esters is 1. The smallest absolute Gasteiger partial charge is 0.305 e. The van der Waals surface area contributed by atoms with E-state index in [-0.39, 0.29) is 12.1 Å². The molecule has 0 rings (SSSR count). The molecule has 0 aliphatic rings. The van der Waals surface area contributed by atoms with Gasteiger partial charge in [0.25, 0.3) is 0 Å². The summed E-state index contributed by atoms with van der Waals surface area (Å²) < 4.78 is 4.60. The summed E-state index contributed by atoms with van der Waals surface area (Å²) in [6.07, 6.45) is 19.2. The van der Waals surface area contributed by atoms with Crippen molar-refractivity contribution in [3.05, 3.63) is 24.3 Å². The molecule has 22 heavy (non-hydrogen) atoms. The Balaban J connectivity index is 3.41. The van der Waals surface area contributed by atoms with E-state index in [4.69, 9.17) is 0 Å². The summed E-state index contributed by atoms with van der Waals surface area (Å²) in [5, 5.41) is 9.82. The number of hydrogen-bond acceptors (Lipinski definition) is 3. The van der Waals surface area contributed by atoms with Crippen molar-refractivity contribution in [2.24, 2.45) is 0 Å². The third kappa shape index (κ3) is 15.3. The van der Waals surface area contributed by atoms with Crippen molar-refractivity contribution in [3.63, 3.8) is 0 Å². The predicted molar refractivity (Wildman–Crippen MR) is 92.8 cm³/mol. The van der Waals surface area contributed by atoms with Gasteiger partial charge in [0.1, 0.15) is 0 Å². The first-order chi connectivity index (χ1) is 10.7. The molecule has 1 atom stereocenters. The lowest BCUT2D eigenvalue weighted by Crippen LogP contribution is -2.01. The molecule has 0 saturated carbocycles. The molecule has 1 N–H and O–H groups in total. The van der Waals surface area contributed by atoms with Crippen LogP contribution in [0.5, 0.6) is 0 Å². The number of ether oxygens (including phenoxy) is 1. The summed E-state index contributed by atoms with van der Waals surface area (Å²) >= 11 is 0. The number of unbranched alkanes of at least 4 members (excludes halogenated alkanes) is 7. The van der Waals surface area contributed by atoms with Crippen molar-refractivity contribution in [1.29, 1.82) is 0 Å². The third-order valence-corrected chi connectivity index (χ3v) is 3.66. The van der Waals surface area contributed by atoms with Crippen LogP contribution in [0.2, 0.25) is 0 Å². The van der Waals surface area contributed by atoms with E-state index in [2.05, 4.69) is 17.7 Å². The van der Waals surface area contributed by atoms with Crippen LogP contribution in [-0.4, -0.2) is 24.3 Å². The zero-order valence-electron chi connectivity index (χ0n) is 14.4. The Morgan fingerprint density at radius 3 is 2.50 bits per heavy atom. The van der Waals surface area contributed by atoms with Crippen molar-refractivity contribution in [1.82, 2.24) is 0 Å². The first-order valence-electron chi connectivity index (χ1n) is 8.79. The quantitative estimate of drug-likeness (QED) is 0.281. The highest BCUT2D eigenvalue weighted by Gasteiger charge is 2.00. The van der Waals surface area contributed by atoms with Gasteiger partial charge < -0.3 is 9.84 Å². The van der Waals surface area contributed by atoms with Crippen LogP contribution in [0.4, 0.5) is 0 Å². The van der Waals surface area contributed by atoms with Crippen LogP contribution < -0.4 is 0 Å². The van der Waals surface area contributed by atoms with Gasteiger partial charge >= 0.3 is 5.97 Å². The first-order valence-corrected chi connectivity index (χ1v) is 8.79. The van der Waals surface area contributed by atoms with Crippen molar-refractivity contribution in [2.45, 2.75) is 83.7 Å². The van der Waals surface area contributed by atoms with E-state index in [0.29, 0.717) is 6.42 Å². The fraction of sp³-hybridized carbons (Fsp3) is 0.737. The predicted octanol–water partition coefficient (Wildman–Crippen LogP) is 4.94. The van der Waals surface area contributed by atoms with Crippen molar-refractivity contribution in [2.75, 3.05) is 7.11 Å². The van der Waals surface area contributed by atoms with E-state index in [9.17, 15) is 9.90 Å². The Kier molecular flexibility index (Phi) is 15.5. The lowest BCUT2D eigenvalue weighted by molar-refractivity contribution is -0.140. The van der Waals surface area contributed by atoms with Gasteiger partial charge in [0.05, 0.1) is 13.2 Å². The van der Waals surface area contributed by atoms with Gasteiger partial charge in [-0.3, -0.25) is 4.79 Å². The summed E-state index contributed by atoms with van der Waals surface area (Å²) in [7, 11) is 1.43. The van der Waals surface area contributed by atoms with Crippen LogP contribution in [0.25, 0.3) is 0 Å². The van der Waals surface area contributed by atoms with Crippen LogP contribution >= 0.6 is 0 Å². The van der Waals surface area contributed by atoms with Crippen LogP contribution in [-0.2, 0) is 9.53 Å². The summed E-state index contributed by atoms with van der Waals surface area (Å²) in [4.78, 5) is 10.9. The van der Waals surface area contributed by atoms with E-state index < -0.39 is 0 Å². The van der Waals surface area contributed by atoms with Gasteiger partial charge in [0.2, 0.25) is 0 Å². The molecule has 0 amide bonds. The maximum atomic E-state index is 10.9. The monoisotopic (exact) mass is 310 g/mol. The highest BCUT2D eigenvalue weighted by Crippen LogP contribution is 2.10. The molecule has 0 radical (unpaired) electrons. The molecule has 0 bridgehead atoms. The number of carbonyl (C=O) groups is 1. The van der Waals surface area contributed by atoms with E-state index in [1.54, 1.807) is 0 Å². The van der Waals surface area contributed by atoms with Crippen LogP contribution in [0.1, 0.15) is 77.6 Å². The molecule has 0 fully saturated rings. The fourth-order valence-electron chi connectivity index (χ4n) is 2.23. The second-order valence-electron chi connectivity index (χ2n) is 5.76. The van der Waals surface area contributed by atoms with Gasteiger partial charge in [-0.1, -0.05) is 69.8 Å². The van der Waals surface area contributed by atoms with Gasteiger partial charge in [-0.25, -0.2) is 0 Å². The number of aliphatic hydroxyl groups excluding tert-OH is 1. The zero-order chi connectivity index (χ0) is 16.5. The summed E-state index contributed by atoms with van der Waals surface area (Å²) in [6, 6.07) is 0. The number of methoxy groups -OCH3 is 1. The maximum absolute atomic E-state index is 10.9. The summed E-state index contributed by atoms with van der Waals surface area (Å²) in [5.74, 6) is -0.122. The number of rotatable bonds is 14. The van der Waals surface area contributed by atoms with Gasteiger partial charge in [-0.2, -0.15) is 0 Å². The molecule has 3 nitrogen and oxygen atoms in total. The Morgan fingerprint density at radius 1 is 1.05 bits per heavy atom. The van der Waals surface area contributed by atoms with E-state index in [1.165, 1.54) is 26.4 Å². The molecule has 0 spiro atoms. The largest absolute Gasteiger partial charge is 0.469 e. The normalized spacial score (nSPS) is 13.0. The van der Waals surface area contributed by atoms with Crippen LogP contribution in [0.15, 0.2) is 24.3 Å². The fourth-order valence-corrected chi connectivity index (χ4v) is 2.23. The number of hydrogen-bond donors (Lipinski definition) is 1. The molecule has 0 unspecified atom stereocenters. The molecular formula is C19H34O3. The molecular weight excluding hydrogens is 276 g/mol. The number of aliphatic hydroxyl groups is 1. The molecule has 0 aromatic heterocycles. The lowest BCUT2D eigenvalue weighted by Gasteiger charge is -2.05. The molecule has 128 valence electrons. The molecule has 0 heterocycles. The SMILES string of the molecule is CCCCC/C=C\C=C\[C@H](O)CCCCCCCC(=O)OC. The number of allylic oxidation sites excluding steroid dienone is 3. The molecule has 3 heteroatoms. The third-order valence-electron chi connectivity index (χ3n) is 3.66. The van der Waals surface area contributed by atoms with Crippen molar-refractivity contribution in [3.8, 4) is 0 Å². The van der Waals surface area contributed by atoms with E-state index in [0.717, 1.165) is 44.9 Å². The summed E-state index contributed by atoms with van der Waals surface area (Å²) in [6.45, 7) is 2.21. The lowest BCUT2D eigenvalue weighted by atomic mass is 10.1. The van der Waals surface area contributed by atoms with Crippen LogP contribution in [0, 0.1) is 0 Å². The minimum Gasteiger partial charge on any atom is -0.469 e. The van der Waals surface area contributed by atoms with Gasteiger partial charge in [0, 0.05) is 6.42 Å². The molecule has 0 saturated heterocycles. The Labute approximate surface area is 136 Å². The van der Waals surface area contributed by atoms with Crippen molar-refractivity contribution >= 4 is 5.97 Å². The standard InChI is InChI=1S/C19H34O3/c1-3-4-5-6-7-9-12-15-18(20)16-13-10-8-11-14-17-19(21)22-2/h7,9,12,15,18,20H,3-6,8,10-11,13-14,16-17H2,1-2H3/b9-7-,15-12+/t18-/m0/s1. The van der Waals surface area contributed by atoms with Gasteiger partial charge in [0.15, 0.2) is 0 Å². The minimum atomic E-state index is -0.338. The Bertz CT molecular complexity index is 308. The van der Waals surface area contributed by atoms with Gasteiger partial charge in [-0.05, 0) is 25.7 Å². The molecule has 0 aliphatic heterocycles. The summed E-state index contributed by atoms with van der Waals surface area (Å²) in [5.41, 5.74) is 0. The topological polar surface area (TPSA) is 46.5 Å². The van der Waals surface area contributed by atoms with Gasteiger partial charge in [-0.15, -0.1) is 0 Å². The Morgan fingerprint density at radius 2 is 1.77 bits per heavy atom. The average molecular weight is 310 g/mol. The molecule has 0 aromatic carbocycles.